The van der Waals surface area contributed by atoms with Crippen molar-refractivity contribution in [2.75, 3.05) is 13.1 Å². The van der Waals surface area contributed by atoms with Gasteiger partial charge in [-0.3, -0.25) is 4.90 Å². The minimum Gasteiger partial charge on any atom is -0.309 e. The van der Waals surface area contributed by atoms with Crippen LogP contribution in [0.2, 0.25) is 0 Å². The highest BCUT2D eigenvalue weighted by atomic mass is 15.3. The van der Waals surface area contributed by atoms with E-state index in [-0.39, 0.29) is 5.54 Å². The fourth-order valence-electron chi connectivity index (χ4n) is 3.85. The van der Waals surface area contributed by atoms with Crippen LogP contribution in [0.15, 0.2) is 24.3 Å². The molecule has 0 aromatic heterocycles. The fraction of sp³-hybridized carbons (Fsp3) is 0.667. The quantitative estimate of drug-likeness (QED) is 0.886. The molecule has 1 aliphatic heterocycles. The van der Waals surface area contributed by atoms with E-state index in [4.69, 9.17) is 0 Å². The first kappa shape index (κ1) is 14.1. The lowest BCUT2D eigenvalue weighted by Crippen LogP contribution is -2.62. The smallest absolute Gasteiger partial charge is 0.0355 e. The Balaban J connectivity index is 1.88. The number of benzene rings is 1. The summed E-state index contributed by atoms with van der Waals surface area (Å²) in [6, 6.07) is 10.3. The number of hydrogen-bond acceptors (Lipinski definition) is 2. The van der Waals surface area contributed by atoms with Crippen LogP contribution in [0.5, 0.6) is 0 Å². The average Bonchev–Trinajstić information content (AvgIpc) is 2.49. The van der Waals surface area contributed by atoms with Crippen LogP contribution < -0.4 is 5.32 Å². The Labute approximate surface area is 123 Å². The van der Waals surface area contributed by atoms with Gasteiger partial charge in [0.15, 0.2) is 0 Å². The zero-order valence-corrected chi connectivity index (χ0v) is 13.2. The average molecular weight is 272 g/mol. The maximum Gasteiger partial charge on any atom is 0.0355 e. The van der Waals surface area contributed by atoms with Crippen LogP contribution >= 0.6 is 0 Å². The minimum absolute atomic E-state index is 0.277. The van der Waals surface area contributed by atoms with Crippen molar-refractivity contribution in [2.24, 2.45) is 0 Å². The zero-order chi connectivity index (χ0) is 14.2. The van der Waals surface area contributed by atoms with Crippen LogP contribution in [0.4, 0.5) is 0 Å². The predicted molar refractivity (Wildman–Crippen MR) is 85.0 cm³/mol. The number of rotatable bonds is 2. The summed E-state index contributed by atoms with van der Waals surface area (Å²) in [4.78, 5) is 2.76. The molecule has 2 heteroatoms. The van der Waals surface area contributed by atoms with Gasteiger partial charge in [-0.2, -0.15) is 0 Å². The van der Waals surface area contributed by atoms with E-state index < -0.39 is 0 Å². The largest absolute Gasteiger partial charge is 0.309 e. The van der Waals surface area contributed by atoms with Gasteiger partial charge in [0.2, 0.25) is 0 Å². The summed E-state index contributed by atoms with van der Waals surface area (Å²) in [5.74, 6) is 0. The van der Waals surface area contributed by atoms with Crippen molar-refractivity contribution in [2.45, 2.75) is 64.1 Å². The lowest BCUT2D eigenvalue weighted by molar-refractivity contribution is 0.0459. The normalized spacial score (nSPS) is 34.8. The third-order valence-corrected chi connectivity index (χ3v) is 5.44. The molecule has 0 saturated carbocycles. The van der Waals surface area contributed by atoms with E-state index in [0.717, 1.165) is 6.54 Å². The molecule has 1 saturated heterocycles. The number of nitrogens with zero attached hydrogens (tertiary/aromatic N) is 1. The van der Waals surface area contributed by atoms with Crippen molar-refractivity contribution in [3.05, 3.63) is 35.4 Å². The van der Waals surface area contributed by atoms with E-state index in [1.165, 1.54) is 32.2 Å². The molecule has 1 aliphatic carbocycles. The van der Waals surface area contributed by atoms with Crippen LogP contribution in [0.25, 0.3) is 0 Å². The molecular weight excluding hydrogens is 244 g/mol. The number of nitrogens with one attached hydrogen (secondary N) is 1. The maximum absolute atomic E-state index is 3.75. The third-order valence-electron chi connectivity index (χ3n) is 5.44. The van der Waals surface area contributed by atoms with Gasteiger partial charge in [0.05, 0.1) is 0 Å². The summed E-state index contributed by atoms with van der Waals surface area (Å²) in [5.41, 5.74) is 3.44. The van der Waals surface area contributed by atoms with Gasteiger partial charge >= 0.3 is 0 Å². The van der Waals surface area contributed by atoms with Crippen LogP contribution in [0.3, 0.4) is 0 Å². The second kappa shape index (κ2) is 5.50. The molecule has 1 fully saturated rings. The molecule has 3 rings (SSSR count). The summed E-state index contributed by atoms with van der Waals surface area (Å²) in [7, 11) is 0. The monoisotopic (exact) mass is 272 g/mol. The Morgan fingerprint density at radius 1 is 1.35 bits per heavy atom. The van der Waals surface area contributed by atoms with E-state index in [0.29, 0.717) is 12.1 Å². The van der Waals surface area contributed by atoms with Crippen LogP contribution in [-0.2, 0) is 6.42 Å². The van der Waals surface area contributed by atoms with Gasteiger partial charge in [0.1, 0.15) is 0 Å². The first-order chi connectivity index (χ1) is 9.63. The molecular formula is C18H28N2. The molecule has 0 amide bonds. The predicted octanol–water partition coefficient (Wildman–Crippen LogP) is 3.53. The van der Waals surface area contributed by atoms with E-state index in [9.17, 15) is 0 Å². The van der Waals surface area contributed by atoms with Crippen LogP contribution in [0, 0.1) is 0 Å². The van der Waals surface area contributed by atoms with Gasteiger partial charge in [-0.1, -0.05) is 31.2 Å². The molecule has 3 atom stereocenters. The maximum atomic E-state index is 3.75. The van der Waals surface area contributed by atoms with Crippen molar-refractivity contribution in [1.82, 2.24) is 10.2 Å². The van der Waals surface area contributed by atoms with E-state index >= 15 is 0 Å². The molecule has 1 aromatic carbocycles. The van der Waals surface area contributed by atoms with Gasteiger partial charge in [0, 0.05) is 30.7 Å². The van der Waals surface area contributed by atoms with Crippen molar-refractivity contribution in [3.63, 3.8) is 0 Å². The molecule has 2 nitrogen and oxygen atoms in total. The first-order valence-electron chi connectivity index (χ1n) is 8.21. The molecule has 20 heavy (non-hydrogen) atoms. The molecule has 3 unspecified atom stereocenters. The second-order valence-electron chi connectivity index (χ2n) is 6.92. The van der Waals surface area contributed by atoms with E-state index in [1.807, 2.05) is 0 Å². The Morgan fingerprint density at radius 3 is 2.95 bits per heavy atom. The standard InChI is InChI=1S/C18H28N2/c1-4-18(3)13-20(14(2)12-19-18)17-11-7-9-15-8-5-6-10-16(15)17/h5-6,8,10,14,17,19H,4,7,9,11-13H2,1-3H3. The number of hydrogen-bond donors (Lipinski definition) is 1. The Bertz CT molecular complexity index is 470. The summed E-state index contributed by atoms with van der Waals surface area (Å²) in [6.45, 7) is 9.34. The van der Waals surface area contributed by atoms with Gasteiger partial charge < -0.3 is 5.32 Å². The molecule has 1 heterocycles. The van der Waals surface area contributed by atoms with Crippen molar-refractivity contribution >= 4 is 0 Å². The summed E-state index contributed by atoms with van der Waals surface area (Å²) in [6.07, 6.45) is 5.12. The Kier molecular flexibility index (Phi) is 3.87. The molecule has 0 spiro atoms. The molecule has 0 radical (unpaired) electrons. The Hall–Kier alpha value is -0.860. The van der Waals surface area contributed by atoms with Gasteiger partial charge in [0.25, 0.3) is 0 Å². The molecule has 110 valence electrons. The van der Waals surface area contributed by atoms with Crippen molar-refractivity contribution < 1.29 is 0 Å². The van der Waals surface area contributed by atoms with Crippen LogP contribution in [-0.4, -0.2) is 29.6 Å². The Morgan fingerprint density at radius 2 is 2.15 bits per heavy atom. The number of fused-ring (bicyclic) bond motifs is 1. The summed E-state index contributed by atoms with van der Waals surface area (Å²) < 4.78 is 0. The zero-order valence-electron chi connectivity index (χ0n) is 13.2. The molecule has 0 bridgehead atoms. The van der Waals surface area contributed by atoms with Crippen LogP contribution in [0.1, 0.15) is 57.2 Å². The lowest BCUT2D eigenvalue weighted by atomic mass is 9.84. The fourth-order valence-corrected chi connectivity index (χ4v) is 3.85. The van der Waals surface area contributed by atoms with Gasteiger partial charge in [-0.25, -0.2) is 0 Å². The number of piperazine rings is 1. The SMILES string of the molecule is CCC1(C)CN(C2CCCc3ccccc32)C(C)CN1. The summed E-state index contributed by atoms with van der Waals surface area (Å²) in [5, 5.41) is 3.75. The molecule has 2 aliphatic rings. The van der Waals surface area contributed by atoms with Crippen molar-refractivity contribution in [3.8, 4) is 0 Å². The highest BCUT2D eigenvalue weighted by Gasteiger charge is 2.37. The lowest BCUT2D eigenvalue weighted by Gasteiger charge is -2.49. The van der Waals surface area contributed by atoms with Crippen molar-refractivity contribution in [1.29, 1.82) is 0 Å². The molecule has 1 aromatic rings. The minimum atomic E-state index is 0.277. The highest BCUT2D eigenvalue weighted by molar-refractivity contribution is 5.32. The van der Waals surface area contributed by atoms with E-state index in [1.54, 1.807) is 11.1 Å². The van der Waals surface area contributed by atoms with E-state index in [2.05, 4.69) is 55.3 Å². The second-order valence-corrected chi connectivity index (χ2v) is 6.92. The van der Waals surface area contributed by atoms with Gasteiger partial charge in [-0.15, -0.1) is 0 Å². The first-order valence-corrected chi connectivity index (χ1v) is 8.21. The topological polar surface area (TPSA) is 15.3 Å². The highest BCUT2D eigenvalue weighted by Crippen LogP contribution is 2.37. The summed E-state index contributed by atoms with van der Waals surface area (Å²) >= 11 is 0. The number of aryl methyl sites for hydroxylation is 1. The molecule has 1 N–H and O–H groups in total. The third kappa shape index (κ3) is 2.51. The van der Waals surface area contributed by atoms with Gasteiger partial charge in [-0.05, 0) is 50.7 Å².